The molecule has 1 rings (SSSR count). The van der Waals surface area contributed by atoms with Gasteiger partial charge in [0, 0.05) is 25.6 Å². The van der Waals surface area contributed by atoms with Crippen LogP contribution in [0.25, 0.3) is 0 Å². The Labute approximate surface area is 76.4 Å². The van der Waals surface area contributed by atoms with Crippen molar-refractivity contribution < 1.29 is 17.8 Å². The summed E-state index contributed by atoms with van der Waals surface area (Å²) in [6.07, 6.45) is 0.255. The standard InChI is InChI=1S/C6H12N2O4S/c7-5-3-6(9)8(4-5)1-2-13(10,11)12/h5H,1-4,7H2,(H,10,11,12). The van der Waals surface area contributed by atoms with E-state index in [4.69, 9.17) is 10.3 Å². The molecule has 0 spiro atoms. The summed E-state index contributed by atoms with van der Waals surface area (Å²) < 4.78 is 29.2. The molecule has 0 aromatic heterocycles. The van der Waals surface area contributed by atoms with Crippen molar-refractivity contribution in [2.24, 2.45) is 5.73 Å². The number of hydrogen-bond donors (Lipinski definition) is 2. The second-order valence-corrected chi connectivity index (χ2v) is 4.66. The number of nitrogens with zero attached hydrogens (tertiary/aromatic N) is 1. The average molecular weight is 208 g/mol. The first-order valence-electron chi connectivity index (χ1n) is 3.87. The molecule has 76 valence electrons. The average Bonchev–Trinajstić information content (AvgIpc) is 2.24. The molecule has 1 fully saturated rings. The summed E-state index contributed by atoms with van der Waals surface area (Å²) in [5.74, 6) is -0.581. The number of carbonyl (C=O) groups is 1. The van der Waals surface area contributed by atoms with Crippen LogP contribution in [0, 0.1) is 0 Å². The number of rotatable bonds is 3. The molecule has 1 atom stereocenters. The molecule has 13 heavy (non-hydrogen) atoms. The van der Waals surface area contributed by atoms with E-state index < -0.39 is 15.9 Å². The Morgan fingerprint density at radius 3 is 2.62 bits per heavy atom. The first-order chi connectivity index (χ1) is 5.88. The third-order valence-electron chi connectivity index (χ3n) is 1.86. The van der Waals surface area contributed by atoms with Gasteiger partial charge in [-0.1, -0.05) is 0 Å². The predicted molar refractivity (Wildman–Crippen MR) is 45.6 cm³/mol. The summed E-state index contributed by atoms with van der Waals surface area (Å²) in [6, 6.07) is -0.214. The molecule has 1 amide bonds. The Hall–Kier alpha value is -0.660. The minimum atomic E-state index is -3.99. The molecule has 1 aliphatic heterocycles. The van der Waals surface area contributed by atoms with E-state index in [-0.39, 0.29) is 24.9 Å². The van der Waals surface area contributed by atoms with Crippen LogP contribution in [-0.2, 0) is 14.9 Å². The molecule has 0 aromatic carbocycles. The van der Waals surface area contributed by atoms with Crippen LogP contribution in [0.1, 0.15) is 6.42 Å². The van der Waals surface area contributed by atoms with Gasteiger partial charge in [0.25, 0.3) is 10.1 Å². The van der Waals surface area contributed by atoms with E-state index in [1.54, 1.807) is 0 Å². The Morgan fingerprint density at radius 2 is 2.23 bits per heavy atom. The van der Waals surface area contributed by atoms with Crippen LogP contribution in [-0.4, -0.2) is 48.7 Å². The predicted octanol–water partition coefficient (Wildman–Crippen LogP) is -1.57. The number of carbonyl (C=O) groups excluding carboxylic acids is 1. The zero-order valence-corrected chi connectivity index (χ0v) is 7.83. The molecule has 1 aliphatic rings. The van der Waals surface area contributed by atoms with Crippen molar-refractivity contribution in [3.05, 3.63) is 0 Å². The number of amides is 1. The molecule has 0 radical (unpaired) electrons. The maximum Gasteiger partial charge on any atom is 0.266 e. The van der Waals surface area contributed by atoms with Gasteiger partial charge in [0.1, 0.15) is 0 Å². The third-order valence-corrected chi connectivity index (χ3v) is 2.56. The van der Waals surface area contributed by atoms with Gasteiger partial charge in [-0.3, -0.25) is 9.35 Å². The molecule has 7 heteroatoms. The normalized spacial score (nSPS) is 24.0. The Kier molecular flexibility index (Phi) is 2.89. The second-order valence-electron chi connectivity index (χ2n) is 3.09. The van der Waals surface area contributed by atoms with Gasteiger partial charge in [-0.05, 0) is 0 Å². The maximum atomic E-state index is 11.1. The number of nitrogens with two attached hydrogens (primary N) is 1. The highest BCUT2D eigenvalue weighted by molar-refractivity contribution is 7.85. The zero-order chi connectivity index (χ0) is 10.1. The Morgan fingerprint density at radius 1 is 1.62 bits per heavy atom. The van der Waals surface area contributed by atoms with Crippen LogP contribution in [0.5, 0.6) is 0 Å². The summed E-state index contributed by atoms with van der Waals surface area (Å²) in [5.41, 5.74) is 5.48. The van der Waals surface area contributed by atoms with Gasteiger partial charge in [-0.15, -0.1) is 0 Å². The third kappa shape index (κ3) is 3.29. The SMILES string of the molecule is NC1CC(=O)N(CCS(=O)(=O)O)C1. The van der Waals surface area contributed by atoms with Gasteiger partial charge in [0.15, 0.2) is 0 Å². The lowest BCUT2D eigenvalue weighted by molar-refractivity contribution is -0.127. The van der Waals surface area contributed by atoms with Crippen LogP contribution in [0.15, 0.2) is 0 Å². The lowest BCUT2D eigenvalue weighted by Crippen LogP contribution is -2.32. The van der Waals surface area contributed by atoms with E-state index in [1.807, 2.05) is 0 Å². The molecule has 0 bridgehead atoms. The van der Waals surface area contributed by atoms with E-state index >= 15 is 0 Å². The lowest BCUT2D eigenvalue weighted by atomic mass is 10.3. The largest absolute Gasteiger partial charge is 0.340 e. The fourth-order valence-electron chi connectivity index (χ4n) is 1.24. The molecule has 1 unspecified atom stereocenters. The second kappa shape index (κ2) is 3.60. The van der Waals surface area contributed by atoms with Crippen LogP contribution in [0.2, 0.25) is 0 Å². The number of hydrogen-bond acceptors (Lipinski definition) is 4. The number of likely N-dealkylation sites (tertiary alicyclic amines) is 1. The molecule has 3 N–H and O–H groups in total. The lowest BCUT2D eigenvalue weighted by Gasteiger charge is -2.14. The summed E-state index contributed by atoms with van der Waals surface area (Å²) in [5, 5.41) is 0. The molecular weight excluding hydrogens is 196 g/mol. The van der Waals surface area contributed by atoms with Crippen molar-refractivity contribution in [3.63, 3.8) is 0 Å². The zero-order valence-electron chi connectivity index (χ0n) is 7.01. The van der Waals surface area contributed by atoms with Crippen molar-refractivity contribution in [2.75, 3.05) is 18.8 Å². The molecule has 0 aromatic rings. The van der Waals surface area contributed by atoms with Crippen molar-refractivity contribution in [3.8, 4) is 0 Å². The van der Waals surface area contributed by atoms with Crippen LogP contribution in [0.3, 0.4) is 0 Å². The van der Waals surface area contributed by atoms with Crippen molar-refractivity contribution in [1.82, 2.24) is 4.90 Å². The van der Waals surface area contributed by atoms with Crippen molar-refractivity contribution >= 4 is 16.0 Å². The molecule has 1 saturated heterocycles. The Balaban J connectivity index is 2.43. The summed E-state index contributed by atoms with van der Waals surface area (Å²) in [4.78, 5) is 12.4. The van der Waals surface area contributed by atoms with E-state index in [2.05, 4.69) is 0 Å². The first-order valence-corrected chi connectivity index (χ1v) is 5.48. The molecular formula is C6H12N2O4S. The quantitative estimate of drug-likeness (QED) is 0.546. The van der Waals surface area contributed by atoms with Gasteiger partial charge >= 0.3 is 0 Å². The smallest absolute Gasteiger partial charge is 0.266 e. The summed E-state index contributed by atoms with van der Waals surface area (Å²) in [7, 11) is -3.99. The van der Waals surface area contributed by atoms with Gasteiger partial charge in [0.05, 0.1) is 5.75 Å². The van der Waals surface area contributed by atoms with Crippen molar-refractivity contribution in [1.29, 1.82) is 0 Å². The monoisotopic (exact) mass is 208 g/mol. The van der Waals surface area contributed by atoms with Crippen LogP contribution < -0.4 is 5.73 Å². The maximum absolute atomic E-state index is 11.1. The van der Waals surface area contributed by atoms with Crippen molar-refractivity contribution in [2.45, 2.75) is 12.5 Å². The topological polar surface area (TPSA) is 101 Å². The summed E-state index contributed by atoms with van der Waals surface area (Å²) >= 11 is 0. The molecule has 0 saturated carbocycles. The fourth-order valence-corrected chi connectivity index (χ4v) is 1.70. The first kappa shape index (κ1) is 10.4. The van der Waals surface area contributed by atoms with E-state index in [0.29, 0.717) is 6.54 Å². The molecule has 6 nitrogen and oxygen atoms in total. The molecule has 1 heterocycles. The molecule has 0 aliphatic carbocycles. The van der Waals surface area contributed by atoms with Gasteiger partial charge in [-0.25, -0.2) is 0 Å². The van der Waals surface area contributed by atoms with Gasteiger partial charge < -0.3 is 10.6 Å². The van der Waals surface area contributed by atoms with E-state index in [1.165, 1.54) is 4.90 Å². The van der Waals surface area contributed by atoms with Gasteiger partial charge in [-0.2, -0.15) is 8.42 Å². The van der Waals surface area contributed by atoms with E-state index in [9.17, 15) is 13.2 Å². The highest BCUT2D eigenvalue weighted by atomic mass is 32.2. The minimum absolute atomic E-state index is 0.0192. The minimum Gasteiger partial charge on any atom is -0.340 e. The highest BCUT2D eigenvalue weighted by Crippen LogP contribution is 2.08. The van der Waals surface area contributed by atoms with Crippen LogP contribution in [0.4, 0.5) is 0 Å². The fraction of sp³-hybridized carbons (Fsp3) is 0.833. The van der Waals surface area contributed by atoms with Gasteiger partial charge in [0.2, 0.25) is 5.91 Å². The summed E-state index contributed by atoms with van der Waals surface area (Å²) in [6.45, 7) is 0.389. The highest BCUT2D eigenvalue weighted by Gasteiger charge is 2.27. The van der Waals surface area contributed by atoms with Crippen LogP contribution >= 0.6 is 0 Å². The van der Waals surface area contributed by atoms with E-state index in [0.717, 1.165) is 0 Å². The Bertz CT molecular complexity index is 300.